The van der Waals surface area contributed by atoms with Crippen molar-refractivity contribution in [3.8, 4) is 11.3 Å². The lowest BCUT2D eigenvalue weighted by Gasteiger charge is -2.11. The molecule has 3 nitrogen and oxygen atoms in total. The quantitative estimate of drug-likeness (QED) is 0.836. The van der Waals surface area contributed by atoms with Crippen LogP contribution < -0.4 is 10.6 Å². The van der Waals surface area contributed by atoms with E-state index in [0.717, 1.165) is 27.6 Å². The molecule has 0 aliphatic rings. The van der Waals surface area contributed by atoms with Gasteiger partial charge in [0.25, 0.3) is 0 Å². The van der Waals surface area contributed by atoms with E-state index in [1.165, 1.54) is 0 Å². The number of H-pyrrole nitrogens is 1. The Morgan fingerprint density at radius 2 is 2.00 bits per heavy atom. The maximum absolute atomic E-state index is 4.41. The molecule has 0 atom stereocenters. The summed E-state index contributed by atoms with van der Waals surface area (Å²) >= 11 is 0. The van der Waals surface area contributed by atoms with Gasteiger partial charge in [-0.15, -0.1) is 0 Å². The van der Waals surface area contributed by atoms with E-state index >= 15 is 0 Å². The third-order valence-electron chi connectivity index (χ3n) is 2.88. The molecule has 0 amide bonds. The van der Waals surface area contributed by atoms with Crippen LogP contribution in [0.1, 0.15) is 8.35 Å². The number of rotatable bonds is 3. The number of benzene rings is 1. The fourth-order valence-corrected chi connectivity index (χ4v) is 2.00. The highest BCUT2D eigenvalue weighted by molar-refractivity contribution is 5.64. The first-order chi connectivity index (χ1) is 9.13. The van der Waals surface area contributed by atoms with E-state index in [4.69, 9.17) is 0 Å². The summed E-state index contributed by atoms with van der Waals surface area (Å²) in [6.45, 7) is 6.01. The van der Waals surface area contributed by atoms with Crippen LogP contribution in [0.3, 0.4) is 0 Å². The summed E-state index contributed by atoms with van der Waals surface area (Å²) in [5.74, 6) is 0.884. The molecule has 1 heterocycles. The van der Waals surface area contributed by atoms with Gasteiger partial charge in [0.05, 0.1) is 5.35 Å². The summed E-state index contributed by atoms with van der Waals surface area (Å²) < 4.78 is 0. The van der Waals surface area contributed by atoms with E-state index in [1.807, 2.05) is 44.1 Å². The van der Waals surface area contributed by atoms with E-state index in [-0.39, 0.29) is 1.43 Å². The fraction of sp³-hybridized carbons (Fsp3) is 0.188. The summed E-state index contributed by atoms with van der Waals surface area (Å²) in [6, 6.07) is 12.3. The lowest BCUT2D eigenvalue weighted by molar-refractivity contribution is 0.574. The van der Waals surface area contributed by atoms with Crippen molar-refractivity contribution in [2.75, 3.05) is 14.1 Å². The van der Waals surface area contributed by atoms with Gasteiger partial charge in [-0.3, -0.25) is 0 Å². The molecular weight excluding hydrogens is 234 g/mol. The molecule has 2 rings (SSSR count). The summed E-state index contributed by atoms with van der Waals surface area (Å²) in [5.41, 5.74) is 2.21. The van der Waals surface area contributed by atoms with Crippen LogP contribution in [0.5, 0.6) is 0 Å². The fourth-order valence-electron chi connectivity index (χ4n) is 2.00. The average molecular weight is 255 g/mol. The Hall–Kier alpha value is -2.29. The molecule has 3 heteroatoms. The van der Waals surface area contributed by atoms with Gasteiger partial charge >= 0.3 is 0 Å². The molecule has 100 valence electrons. The average Bonchev–Trinajstić information content (AvgIpc) is 2.78. The van der Waals surface area contributed by atoms with Crippen LogP contribution in [0.2, 0.25) is 0 Å². The predicted octanol–water partition coefficient (Wildman–Crippen LogP) is 2.06. The highest BCUT2D eigenvalue weighted by Gasteiger charge is 2.04. The van der Waals surface area contributed by atoms with Crippen LogP contribution in [0, 0.1) is 0 Å². The number of hydrogen-bond acceptors (Lipinski definition) is 2. The van der Waals surface area contributed by atoms with E-state index in [0.29, 0.717) is 0 Å². The molecule has 0 unspecified atom stereocenters. The summed E-state index contributed by atoms with van der Waals surface area (Å²) in [7, 11) is 3.95. The Balaban J connectivity index is 0.00000200. The SMILES string of the molecule is C=c1cc(-c2ccccc2)[nH]/c1=C(/N=C\C)N(C)C.[HH]. The molecule has 0 spiro atoms. The second kappa shape index (κ2) is 5.57. The molecule has 0 radical (unpaired) electrons. The van der Waals surface area contributed by atoms with Crippen LogP contribution in [0.25, 0.3) is 23.7 Å². The monoisotopic (exact) mass is 255 g/mol. The Morgan fingerprint density at radius 3 is 2.58 bits per heavy atom. The lowest BCUT2D eigenvalue weighted by atomic mass is 10.2. The van der Waals surface area contributed by atoms with Gasteiger partial charge in [0.1, 0.15) is 0 Å². The Labute approximate surface area is 115 Å². The molecule has 0 aliphatic heterocycles. The van der Waals surface area contributed by atoms with Gasteiger partial charge in [-0.1, -0.05) is 36.9 Å². The smallest absolute Gasteiger partial charge is 0.152 e. The number of aromatic amines is 1. The number of hydrogen-bond donors (Lipinski definition) is 1. The first-order valence-electron chi connectivity index (χ1n) is 6.27. The second-order valence-electron chi connectivity index (χ2n) is 4.55. The minimum Gasteiger partial charge on any atom is -0.361 e. The van der Waals surface area contributed by atoms with Gasteiger partial charge in [-0.25, -0.2) is 4.99 Å². The molecule has 0 saturated carbocycles. The normalized spacial score (nSPS) is 12.8. The molecule has 1 aromatic heterocycles. The summed E-state index contributed by atoms with van der Waals surface area (Å²) in [4.78, 5) is 9.80. The van der Waals surface area contributed by atoms with E-state index in [1.54, 1.807) is 6.21 Å². The third-order valence-corrected chi connectivity index (χ3v) is 2.88. The highest BCUT2D eigenvalue weighted by atomic mass is 15.2. The molecule has 2 aromatic rings. The van der Waals surface area contributed by atoms with Crippen molar-refractivity contribution in [1.82, 2.24) is 9.88 Å². The molecule has 1 aromatic carbocycles. The molecular formula is C16H21N3. The van der Waals surface area contributed by atoms with Crippen LogP contribution in [-0.4, -0.2) is 30.2 Å². The maximum atomic E-state index is 4.41. The van der Waals surface area contributed by atoms with Crippen molar-refractivity contribution in [3.05, 3.63) is 47.0 Å². The first-order valence-corrected chi connectivity index (χ1v) is 6.27. The Morgan fingerprint density at radius 1 is 1.32 bits per heavy atom. The van der Waals surface area contributed by atoms with Crippen LogP contribution in [0.4, 0.5) is 0 Å². The maximum Gasteiger partial charge on any atom is 0.152 e. The van der Waals surface area contributed by atoms with Crippen LogP contribution in [-0.2, 0) is 0 Å². The van der Waals surface area contributed by atoms with E-state index in [2.05, 4.69) is 34.8 Å². The molecule has 1 N–H and O–H groups in total. The van der Waals surface area contributed by atoms with Crippen molar-refractivity contribution < 1.29 is 1.43 Å². The molecule has 0 saturated heterocycles. The summed E-state index contributed by atoms with van der Waals surface area (Å²) in [5, 5.41) is 1.91. The standard InChI is InChI=1S/C16H19N3.H2/c1-5-17-16(19(3)4)15-12(2)11-14(18-15)13-9-7-6-8-10-13;/h5-11,18H,2H2,1,3-4H3;1H/b16-15-,17-5-;. The number of aromatic nitrogens is 1. The minimum absolute atomic E-state index is 0. The molecule has 0 aliphatic carbocycles. The van der Waals surface area contributed by atoms with Gasteiger partial charge in [0.2, 0.25) is 0 Å². The van der Waals surface area contributed by atoms with Crippen molar-refractivity contribution >= 4 is 18.6 Å². The zero-order chi connectivity index (χ0) is 13.8. The minimum atomic E-state index is 0. The van der Waals surface area contributed by atoms with Crippen molar-refractivity contribution in [3.63, 3.8) is 0 Å². The molecule has 0 bridgehead atoms. The second-order valence-corrected chi connectivity index (χ2v) is 4.55. The zero-order valence-electron chi connectivity index (χ0n) is 11.6. The lowest BCUT2D eigenvalue weighted by Crippen LogP contribution is -2.29. The number of nitrogens with one attached hydrogen (secondary N) is 1. The van der Waals surface area contributed by atoms with Gasteiger partial charge in [0, 0.05) is 27.4 Å². The third kappa shape index (κ3) is 2.76. The largest absolute Gasteiger partial charge is 0.361 e. The van der Waals surface area contributed by atoms with E-state index in [9.17, 15) is 0 Å². The van der Waals surface area contributed by atoms with Crippen molar-refractivity contribution in [2.45, 2.75) is 6.92 Å². The Kier molecular flexibility index (Phi) is 3.85. The van der Waals surface area contributed by atoms with Crippen molar-refractivity contribution in [1.29, 1.82) is 0 Å². The van der Waals surface area contributed by atoms with E-state index < -0.39 is 0 Å². The summed E-state index contributed by atoms with van der Waals surface area (Å²) in [6.07, 6.45) is 1.79. The topological polar surface area (TPSA) is 31.4 Å². The molecule has 0 fully saturated rings. The van der Waals surface area contributed by atoms with Gasteiger partial charge in [-0.2, -0.15) is 0 Å². The van der Waals surface area contributed by atoms with Crippen molar-refractivity contribution in [2.24, 2.45) is 4.99 Å². The van der Waals surface area contributed by atoms with Crippen LogP contribution >= 0.6 is 0 Å². The zero-order valence-corrected chi connectivity index (χ0v) is 11.6. The predicted molar refractivity (Wildman–Crippen MR) is 84.4 cm³/mol. The highest BCUT2D eigenvalue weighted by Crippen LogP contribution is 2.13. The van der Waals surface area contributed by atoms with Gasteiger partial charge in [-0.05, 0) is 23.8 Å². The van der Waals surface area contributed by atoms with Gasteiger partial charge < -0.3 is 9.88 Å². The van der Waals surface area contributed by atoms with Gasteiger partial charge in [0.15, 0.2) is 5.82 Å². The molecule has 19 heavy (non-hydrogen) atoms. The Bertz CT molecular complexity index is 684. The number of aliphatic imine (C=N–C) groups is 1. The first kappa shape index (κ1) is 13.1. The number of nitrogens with zero attached hydrogens (tertiary/aromatic N) is 2. The van der Waals surface area contributed by atoms with Crippen LogP contribution in [0.15, 0.2) is 41.4 Å².